The van der Waals surface area contributed by atoms with Crippen LogP contribution < -0.4 is 14.8 Å². The molecule has 0 aliphatic rings. The van der Waals surface area contributed by atoms with Gasteiger partial charge in [-0.2, -0.15) is 0 Å². The molecule has 1 atom stereocenters. The number of aliphatic hydroxyl groups excluding tert-OH is 1. The lowest BCUT2D eigenvalue weighted by Gasteiger charge is -2.15. The van der Waals surface area contributed by atoms with Gasteiger partial charge in [-0.25, -0.2) is 0 Å². The molecule has 0 bridgehead atoms. The van der Waals surface area contributed by atoms with E-state index in [9.17, 15) is 5.11 Å². The molecule has 0 aliphatic carbocycles. The van der Waals surface area contributed by atoms with Crippen molar-refractivity contribution >= 4 is 39.1 Å². The van der Waals surface area contributed by atoms with Crippen molar-refractivity contribution < 1.29 is 14.6 Å². The minimum absolute atomic E-state index is 0.296. The van der Waals surface area contributed by atoms with Crippen molar-refractivity contribution in [3.05, 3.63) is 56.0 Å². The summed E-state index contributed by atoms with van der Waals surface area (Å²) < 4.78 is 12.1. The van der Waals surface area contributed by atoms with Crippen LogP contribution in [-0.4, -0.2) is 24.9 Å². The Hall–Kier alpha value is -0.980. The van der Waals surface area contributed by atoms with Crippen LogP contribution in [0.1, 0.15) is 18.1 Å². The monoisotopic (exact) mass is 447 g/mol. The lowest BCUT2D eigenvalue weighted by molar-refractivity contribution is 0.191. The zero-order valence-corrected chi connectivity index (χ0v) is 17.1. The summed E-state index contributed by atoms with van der Waals surface area (Å²) in [6.07, 6.45) is -0.392. The largest absolute Gasteiger partial charge is 0.493 e. The van der Waals surface area contributed by atoms with Crippen LogP contribution in [0.4, 0.5) is 0 Å². The quantitative estimate of drug-likeness (QED) is 0.608. The van der Waals surface area contributed by atoms with Gasteiger partial charge < -0.3 is 19.9 Å². The van der Waals surface area contributed by atoms with E-state index in [1.54, 1.807) is 26.2 Å². The van der Waals surface area contributed by atoms with Crippen molar-refractivity contribution in [1.82, 2.24) is 5.32 Å². The minimum atomic E-state index is -0.392. The molecule has 0 fully saturated rings. The number of methoxy groups -OCH3 is 1. The van der Waals surface area contributed by atoms with Gasteiger partial charge in [-0.3, -0.25) is 0 Å². The summed E-state index contributed by atoms with van der Waals surface area (Å²) in [5.41, 5.74) is 1.85. The normalized spacial score (nSPS) is 12.1. The van der Waals surface area contributed by atoms with Crippen LogP contribution in [0.3, 0.4) is 0 Å². The second-order valence-electron chi connectivity index (χ2n) is 5.61. The van der Waals surface area contributed by atoms with E-state index >= 15 is 0 Å². The predicted octanol–water partition coefficient (Wildman–Crippen LogP) is 4.81. The summed E-state index contributed by atoms with van der Waals surface area (Å²) in [4.78, 5) is 0. The fraction of sp³-hybridized carbons (Fsp3) is 0.333. The van der Waals surface area contributed by atoms with E-state index in [1.165, 1.54) is 0 Å². The first-order valence-corrected chi connectivity index (χ1v) is 9.27. The molecule has 2 rings (SSSR count). The maximum Gasteiger partial charge on any atom is 0.175 e. The highest BCUT2D eigenvalue weighted by molar-refractivity contribution is 9.10. The molecule has 25 heavy (non-hydrogen) atoms. The van der Waals surface area contributed by atoms with Crippen molar-refractivity contribution in [1.29, 1.82) is 0 Å². The summed E-state index contributed by atoms with van der Waals surface area (Å²) in [7, 11) is 1.59. The number of rotatable bonds is 8. The Kier molecular flexibility index (Phi) is 7.84. The first kappa shape index (κ1) is 20.3. The molecule has 2 aromatic carbocycles. The third-order valence-corrected chi connectivity index (χ3v) is 4.62. The standard InChI is InChI=1S/C18H20BrCl2NO3/c1-11(23)8-22-9-12-5-15(19)18(17(6-12)24-2)25-10-13-3-4-14(20)7-16(13)21/h3-7,11,22-23H,8-10H2,1-2H3/t11-/m1/s1. The highest BCUT2D eigenvalue weighted by Crippen LogP contribution is 2.37. The lowest BCUT2D eigenvalue weighted by Crippen LogP contribution is -2.23. The SMILES string of the molecule is COc1cc(CNC[C@@H](C)O)cc(Br)c1OCc1ccc(Cl)cc1Cl. The summed E-state index contributed by atoms with van der Waals surface area (Å²) in [5, 5.41) is 13.6. The number of hydrogen-bond donors (Lipinski definition) is 2. The van der Waals surface area contributed by atoms with Gasteiger partial charge in [0.15, 0.2) is 11.5 Å². The van der Waals surface area contributed by atoms with Gasteiger partial charge >= 0.3 is 0 Å². The van der Waals surface area contributed by atoms with Gasteiger partial charge in [0, 0.05) is 28.7 Å². The Balaban J connectivity index is 2.11. The number of benzene rings is 2. The third-order valence-electron chi connectivity index (χ3n) is 3.45. The average molecular weight is 449 g/mol. The Morgan fingerprint density at radius 1 is 1.24 bits per heavy atom. The molecule has 0 amide bonds. The van der Waals surface area contributed by atoms with E-state index < -0.39 is 6.10 Å². The van der Waals surface area contributed by atoms with Crippen molar-refractivity contribution in [2.45, 2.75) is 26.2 Å². The van der Waals surface area contributed by atoms with Crippen LogP contribution in [0.15, 0.2) is 34.8 Å². The molecular weight excluding hydrogens is 429 g/mol. The second kappa shape index (κ2) is 9.64. The number of halogens is 3. The molecule has 2 aromatic rings. The van der Waals surface area contributed by atoms with Crippen molar-refractivity contribution in [3.63, 3.8) is 0 Å². The summed E-state index contributed by atoms with van der Waals surface area (Å²) in [6, 6.07) is 9.15. The molecule has 0 unspecified atom stereocenters. The zero-order chi connectivity index (χ0) is 18.4. The third kappa shape index (κ3) is 6.04. The highest BCUT2D eigenvalue weighted by atomic mass is 79.9. The molecule has 0 radical (unpaired) electrons. The molecule has 2 N–H and O–H groups in total. The molecule has 0 spiro atoms. The minimum Gasteiger partial charge on any atom is -0.493 e. The molecule has 0 saturated carbocycles. The Morgan fingerprint density at radius 2 is 2.00 bits per heavy atom. The highest BCUT2D eigenvalue weighted by Gasteiger charge is 2.13. The number of ether oxygens (including phenoxy) is 2. The molecule has 0 aliphatic heterocycles. The van der Waals surface area contributed by atoms with E-state index in [-0.39, 0.29) is 0 Å². The van der Waals surface area contributed by atoms with Crippen LogP contribution in [0.5, 0.6) is 11.5 Å². The van der Waals surface area contributed by atoms with Gasteiger partial charge in [-0.15, -0.1) is 0 Å². The van der Waals surface area contributed by atoms with Gasteiger partial charge in [-0.1, -0.05) is 29.3 Å². The van der Waals surface area contributed by atoms with E-state index in [4.69, 9.17) is 32.7 Å². The van der Waals surface area contributed by atoms with Crippen molar-refractivity contribution in [3.8, 4) is 11.5 Å². The Bertz CT molecular complexity index is 726. The average Bonchev–Trinajstić information content (AvgIpc) is 2.54. The molecule has 136 valence electrons. The van der Waals surface area contributed by atoms with Gasteiger partial charge in [-0.05, 0) is 52.7 Å². The molecule has 0 aromatic heterocycles. The van der Waals surface area contributed by atoms with Crippen LogP contribution in [0, 0.1) is 0 Å². The topological polar surface area (TPSA) is 50.7 Å². The number of nitrogens with one attached hydrogen (secondary N) is 1. The molecule has 0 saturated heterocycles. The van der Waals surface area contributed by atoms with Crippen LogP contribution in [0.25, 0.3) is 0 Å². The first-order valence-electron chi connectivity index (χ1n) is 7.72. The van der Waals surface area contributed by atoms with E-state index in [0.29, 0.717) is 41.2 Å². The molecule has 0 heterocycles. The predicted molar refractivity (Wildman–Crippen MR) is 105 cm³/mol. The van der Waals surface area contributed by atoms with E-state index in [1.807, 2.05) is 18.2 Å². The van der Waals surface area contributed by atoms with Gasteiger partial charge in [0.1, 0.15) is 6.61 Å². The number of aliphatic hydroxyl groups is 1. The fourth-order valence-electron chi connectivity index (χ4n) is 2.23. The molecular formula is C18H20BrCl2NO3. The fourth-order valence-corrected chi connectivity index (χ4v) is 3.30. The van der Waals surface area contributed by atoms with Gasteiger partial charge in [0.05, 0.1) is 17.7 Å². The van der Waals surface area contributed by atoms with E-state index in [2.05, 4.69) is 21.2 Å². The van der Waals surface area contributed by atoms with Gasteiger partial charge in [0.25, 0.3) is 0 Å². The molecule has 4 nitrogen and oxygen atoms in total. The summed E-state index contributed by atoms with van der Waals surface area (Å²) in [5.74, 6) is 1.22. The smallest absolute Gasteiger partial charge is 0.175 e. The van der Waals surface area contributed by atoms with Crippen LogP contribution in [0.2, 0.25) is 10.0 Å². The lowest BCUT2D eigenvalue weighted by atomic mass is 10.2. The maximum absolute atomic E-state index is 9.31. The van der Waals surface area contributed by atoms with Crippen molar-refractivity contribution in [2.24, 2.45) is 0 Å². The summed E-state index contributed by atoms with van der Waals surface area (Å²) >= 11 is 15.6. The second-order valence-corrected chi connectivity index (χ2v) is 7.31. The Morgan fingerprint density at radius 3 is 2.64 bits per heavy atom. The van der Waals surface area contributed by atoms with Crippen LogP contribution >= 0.6 is 39.1 Å². The molecule has 7 heteroatoms. The number of hydrogen-bond acceptors (Lipinski definition) is 4. The van der Waals surface area contributed by atoms with Crippen molar-refractivity contribution in [2.75, 3.05) is 13.7 Å². The maximum atomic E-state index is 9.31. The Labute approximate surface area is 166 Å². The van der Waals surface area contributed by atoms with Gasteiger partial charge in [0.2, 0.25) is 0 Å². The van der Waals surface area contributed by atoms with E-state index in [0.717, 1.165) is 15.6 Å². The van der Waals surface area contributed by atoms with Crippen LogP contribution in [-0.2, 0) is 13.2 Å². The summed E-state index contributed by atoms with van der Waals surface area (Å²) in [6.45, 7) is 3.17. The first-order chi connectivity index (χ1) is 11.9. The zero-order valence-electron chi connectivity index (χ0n) is 14.0.